The Morgan fingerprint density at radius 2 is 1.88 bits per heavy atom. The van der Waals surface area contributed by atoms with Gasteiger partial charge in [-0.1, -0.05) is 30.3 Å². The number of hydrogen-bond donors (Lipinski definition) is 0. The average Bonchev–Trinajstić information content (AvgIpc) is 2.39. The van der Waals surface area contributed by atoms with Gasteiger partial charge in [0.1, 0.15) is 12.4 Å². The minimum atomic E-state index is 0.494. The van der Waals surface area contributed by atoms with E-state index in [1.807, 2.05) is 36.4 Å². The van der Waals surface area contributed by atoms with E-state index in [1.165, 1.54) is 0 Å². The molecule has 0 saturated heterocycles. The van der Waals surface area contributed by atoms with Crippen LogP contribution >= 0.6 is 15.9 Å². The highest BCUT2D eigenvalue weighted by molar-refractivity contribution is 9.10. The number of ether oxygens (including phenoxy) is 1. The Labute approximate surface area is 109 Å². The third kappa shape index (κ3) is 3.08. The fraction of sp³-hybridized carbons (Fsp3) is 0.0714. The highest BCUT2D eigenvalue weighted by Crippen LogP contribution is 2.26. The highest BCUT2D eigenvalue weighted by Gasteiger charge is 2.03. The zero-order valence-corrected chi connectivity index (χ0v) is 10.6. The van der Waals surface area contributed by atoms with E-state index in [1.54, 1.807) is 12.1 Å². The van der Waals surface area contributed by atoms with Gasteiger partial charge in [-0.25, -0.2) is 0 Å². The average molecular weight is 288 g/mol. The minimum absolute atomic E-state index is 0.494. The molecule has 17 heavy (non-hydrogen) atoms. The van der Waals surface area contributed by atoms with Crippen molar-refractivity contribution in [1.29, 1.82) is 5.26 Å². The number of halogens is 1. The van der Waals surface area contributed by atoms with Gasteiger partial charge < -0.3 is 4.74 Å². The molecule has 0 unspecified atom stereocenters. The molecular formula is C14H10BrNO. The largest absolute Gasteiger partial charge is 0.488 e. The van der Waals surface area contributed by atoms with Gasteiger partial charge in [0.05, 0.1) is 16.1 Å². The second-order valence-corrected chi connectivity index (χ2v) is 4.39. The Bertz CT molecular complexity index is 546. The van der Waals surface area contributed by atoms with Crippen molar-refractivity contribution in [3.63, 3.8) is 0 Å². The molecule has 84 valence electrons. The van der Waals surface area contributed by atoms with Crippen LogP contribution in [0, 0.1) is 11.3 Å². The predicted octanol–water partition coefficient (Wildman–Crippen LogP) is 3.90. The molecule has 0 aliphatic carbocycles. The smallest absolute Gasteiger partial charge is 0.135 e. The summed E-state index contributed by atoms with van der Waals surface area (Å²) in [5.74, 6) is 0.688. The van der Waals surface area contributed by atoms with E-state index < -0.39 is 0 Å². The summed E-state index contributed by atoms with van der Waals surface area (Å²) in [4.78, 5) is 0. The molecule has 0 fully saturated rings. The minimum Gasteiger partial charge on any atom is -0.488 e. The summed E-state index contributed by atoms with van der Waals surface area (Å²) in [6, 6.07) is 17.3. The maximum atomic E-state index is 8.82. The summed E-state index contributed by atoms with van der Waals surface area (Å²) >= 11 is 3.40. The highest BCUT2D eigenvalue weighted by atomic mass is 79.9. The zero-order valence-electron chi connectivity index (χ0n) is 9.06. The number of benzene rings is 2. The fourth-order valence-corrected chi connectivity index (χ4v) is 1.78. The molecule has 0 heterocycles. The molecule has 0 aliphatic heterocycles. The van der Waals surface area contributed by atoms with Crippen LogP contribution in [0.25, 0.3) is 0 Å². The SMILES string of the molecule is N#Cc1ccc(Br)c(OCc2ccccc2)c1. The van der Waals surface area contributed by atoms with Crippen LogP contribution in [0.15, 0.2) is 53.0 Å². The maximum Gasteiger partial charge on any atom is 0.135 e. The predicted molar refractivity (Wildman–Crippen MR) is 69.6 cm³/mol. The van der Waals surface area contributed by atoms with E-state index in [0.29, 0.717) is 17.9 Å². The van der Waals surface area contributed by atoms with Gasteiger partial charge >= 0.3 is 0 Å². The summed E-state index contributed by atoms with van der Waals surface area (Å²) in [5.41, 5.74) is 1.69. The summed E-state index contributed by atoms with van der Waals surface area (Å²) in [6.45, 7) is 0.494. The van der Waals surface area contributed by atoms with Gasteiger partial charge in [0.15, 0.2) is 0 Å². The molecule has 0 saturated carbocycles. The van der Waals surface area contributed by atoms with Gasteiger partial charge in [0.2, 0.25) is 0 Å². The summed E-state index contributed by atoms with van der Waals surface area (Å²) in [5, 5.41) is 8.82. The third-order valence-electron chi connectivity index (χ3n) is 2.30. The van der Waals surface area contributed by atoms with E-state index in [2.05, 4.69) is 22.0 Å². The quantitative estimate of drug-likeness (QED) is 0.858. The monoisotopic (exact) mass is 287 g/mol. The first-order valence-corrected chi connectivity index (χ1v) is 5.95. The van der Waals surface area contributed by atoms with Crippen LogP contribution in [0.1, 0.15) is 11.1 Å². The Hall–Kier alpha value is -1.79. The number of nitrogens with zero attached hydrogens (tertiary/aromatic N) is 1. The van der Waals surface area contributed by atoms with Gasteiger partial charge in [-0.2, -0.15) is 5.26 Å². The zero-order chi connectivity index (χ0) is 12.1. The molecule has 2 rings (SSSR count). The number of nitriles is 1. The molecule has 0 amide bonds. The van der Waals surface area contributed by atoms with Crippen molar-refractivity contribution in [2.45, 2.75) is 6.61 Å². The fourth-order valence-electron chi connectivity index (χ4n) is 1.42. The lowest BCUT2D eigenvalue weighted by Gasteiger charge is -2.08. The van der Waals surface area contributed by atoms with Gasteiger partial charge in [0, 0.05) is 0 Å². The standard InChI is InChI=1S/C14H10BrNO/c15-13-7-6-12(9-16)8-14(13)17-10-11-4-2-1-3-5-11/h1-8H,10H2. The van der Waals surface area contributed by atoms with Crippen molar-refractivity contribution in [2.24, 2.45) is 0 Å². The van der Waals surface area contributed by atoms with Crippen molar-refractivity contribution in [2.75, 3.05) is 0 Å². The third-order valence-corrected chi connectivity index (χ3v) is 2.95. The lowest BCUT2D eigenvalue weighted by Crippen LogP contribution is -1.96. The lowest BCUT2D eigenvalue weighted by atomic mass is 10.2. The molecule has 0 radical (unpaired) electrons. The van der Waals surface area contributed by atoms with Crippen molar-refractivity contribution in [3.05, 3.63) is 64.1 Å². The molecule has 0 bridgehead atoms. The first kappa shape index (κ1) is 11.7. The van der Waals surface area contributed by atoms with Gasteiger partial charge in [0.25, 0.3) is 0 Å². The van der Waals surface area contributed by atoms with Crippen LogP contribution in [0.2, 0.25) is 0 Å². The topological polar surface area (TPSA) is 33.0 Å². The molecule has 2 aromatic rings. The Balaban J connectivity index is 2.12. The summed E-state index contributed by atoms with van der Waals surface area (Å²) in [7, 11) is 0. The van der Waals surface area contributed by atoms with Crippen LogP contribution in [0.3, 0.4) is 0 Å². The van der Waals surface area contributed by atoms with Crippen LogP contribution < -0.4 is 4.74 Å². The Morgan fingerprint density at radius 1 is 1.12 bits per heavy atom. The summed E-state index contributed by atoms with van der Waals surface area (Å²) in [6.07, 6.45) is 0. The molecule has 0 spiro atoms. The van der Waals surface area contributed by atoms with Crippen LogP contribution in [-0.4, -0.2) is 0 Å². The maximum absolute atomic E-state index is 8.82. The van der Waals surface area contributed by atoms with Crippen LogP contribution in [0.5, 0.6) is 5.75 Å². The second-order valence-electron chi connectivity index (χ2n) is 3.53. The molecule has 0 atom stereocenters. The molecule has 2 aromatic carbocycles. The summed E-state index contributed by atoms with van der Waals surface area (Å²) < 4.78 is 6.52. The molecular weight excluding hydrogens is 278 g/mol. The van der Waals surface area contributed by atoms with Crippen LogP contribution in [0.4, 0.5) is 0 Å². The molecule has 0 aliphatic rings. The van der Waals surface area contributed by atoms with Gasteiger partial charge in [-0.3, -0.25) is 0 Å². The van der Waals surface area contributed by atoms with Crippen molar-refractivity contribution in [3.8, 4) is 11.8 Å². The molecule has 2 nitrogen and oxygen atoms in total. The van der Waals surface area contributed by atoms with Crippen molar-refractivity contribution in [1.82, 2.24) is 0 Å². The first-order chi connectivity index (χ1) is 8.29. The van der Waals surface area contributed by atoms with E-state index in [-0.39, 0.29) is 0 Å². The lowest BCUT2D eigenvalue weighted by molar-refractivity contribution is 0.304. The Morgan fingerprint density at radius 3 is 2.59 bits per heavy atom. The van der Waals surface area contributed by atoms with E-state index >= 15 is 0 Å². The van der Waals surface area contributed by atoms with Crippen LogP contribution in [-0.2, 0) is 6.61 Å². The normalized spacial score (nSPS) is 9.65. The Kier molecular flexibility index (Phi) is 3.79. The van der Waals surface area contributed by atoms with Gasteiger partial charge in [-0.05, 0) is 39.7 Å². The second kappa shape index (κ2) is 5.51. The van der Waals surface area contributed by atoms with E-state index in [4.69, 9.17) is 10.00 Å². The first-order valence-electron chi connectivity index (χ1n) is 5.16. The van der Waals surface area contributed by atoms with Gasteiger partial charge in [-0.15, -0.1) is 0 Å². The molecule has 0 aromatic heterocycles. The van der Waals surface area contributed by atoms with Crippen molar-refractivity contribution >= 4 is 15.9 Å². The van der Waals surface area contributed by atoms with Crippen molar-refractivity contribution < 1.29 is 4.74 Å². The number of rotatable bonds is 3. The van der Waals surface area contributed by atoms with E-state index in [9.17, 15) is 0 Å². The molecule has 0 N–H and O–H groups in total. The van der Waals surface area contributed by atoms with E-state index in [0.717, 1.165) is 10.0 Å². The molecule has 3 heteroatoms. The number of hydrogen-bond acceptors (Lipinski definition) is 2.